The molecule has 0 amide bonds. The van der Waals surface area contributed by atoms with Crippen molar-refractivity contribution in [3.63, 3.8) is 0 Å². The Hall–Kier alpha value is -0.870. The zero-order chi connectivity index (χ0) is 13.9. The van der Waals surface area contributed by atoms with E-state index in [1.54, 1.807) is 0 Å². The van der Waals surface area contributed by atoms with Crippen LogP contribution in [0.1, 0.15) is 25.8 Å². The summed E-state index contributed by atoms with van der Waals surface area (Å²) in [5.74, 6) is 4.05. The van der Waals surface area contributed by atoms with Gasteiger partial charge in [0.15, 0.2) is 11.5 Å². The van der Waals surface area contributed by atoms with Crippen molar-refractivity contribution in [1.29, 1.82) is 0 Å². The van der Waals surface area contributed by atoms with Gasteiger partial charge in [-0.1, -0.05) is 19.1 Å². The molecule has 0 aliphatic carbocycles. The van der Waals surface area contributed by atoms with Crippen LogP contribution in [0.4, 0.5) is 0 Å². The van der Waals surface area contributed by atoms with Gasteiger partial charge in [-0.3, -0.25) is 0 Å². The third-order valence-corrected chi connectivity index (χ3v) is 3.60. The summed E-state index contributed by atoms with van der Waals surface area (Å²) in [6.45, 7) is 6.37. The maximum Gasteiger partial charge on any atom is 0.165 e. The summed E-state index contributed by atoms with van der Waals surface area (Å²) in [4.78, 5) is 0. The number of hydrogen-bond acceptors (Lipinski definition) is 4. The molecular formula is C15H25NO2S. The van der Waals surface area contributed by atoms with Crippen LogP contribution < -0.4 is 14.8 Å². The Morgan fingerprint density at radius 3 is 2.74 bits per heavy atom. The zero-order valence-corrected chi connectivity index (χ0v) is 13.0. The average Bonchev–Trinajstić information content (AvgIpc) is 2.41. The van der Waals surface area contributed by atoms with Crippen LogP contribution in [0.2, 0.25) is 0 Å². The van der Waals surface area contributed by atoms with E-state index in [0.29, 0.717) is 6.61 Å². The molecule has 19 heavy (non-hydrogen) atoms. The predicted octanol–water partition coefficient (Wildman–Crippen LogP) is 3.33. The fourth-order valence-electron chi connectivity index (χ4n) is 1.80. The monoisotopic (exact) mass is 283 g/mol. The number of rotatable bonds is 10. The number of benzene rings is 1. The predicted molar refractivity (Wildman–Crippen MR) is 83.5 cm³/mol. The third-order valence-electron chi connectivity index (χ3n) is 2.61. The van der Waals surface area contributed by atoms with Gasteiger partial charge in [0.1, 0.15) is 0 Å². The van der Waals surface area contributed by atoms with Crippen molar-refractivity contribution >= 4 is 11.8 Å². The first-order valence-corrected chi connectivity index (χ1v) is 8.08. The highest BCUT2D eigenvalue weighted by atomic mass is 32.2. The van der Waals surface area contributed by atoms with E-state index in [1.165, 1.54) is 5.75 Å². The summed E-state index contributed by atoms with van der Waals surface area (Å²) >= 11 is 1.95. The van der Waals surface area contributed by atoms with Gasteiger partial charge < -0.3 is 14.8 Å². The molecule has 3 nitrogen and oxygen atoms in total. The van der Waals surface area contributed by atoms with Crippen LogP contribution in [-0.2, 0) is 6.54 Å². The van der Waals surface area contributed by atoms with Crippen LogP contribution in [0.25, 0.3) is 0 Å². The molecule has 1 aromatic rings. The molecule has 1 rings (SSSR count). The second kappa shape index (κ2) is 9.98. The van der Waals surface area contributed by atoms with Gasteiger partial charge in [0.2, 0.25) is 0 Å². The zero-order valence-electron chi connectivity index (χ0n) is 12.2. The van der Waals surface area contributed by atoms with E-state index in [4.69, 9.17) is 9.47 Å². The van der Waals surface area contributed by atoms with Gasteiger partial charge in [0.05, 0.1) is 13.2 Å². The van der Waals surface area contributed by atoms with E-state index in [9.17, 15) is 0 Å². The molecule has 4 heteroatoms. The van der Waals surface area contributed by atoms with Gasteiger partial charge in [-0.2, -0.15) is 11.8 Å². The lowest BCUT2D eigenvalue weighted by molar-refractivity contribution is 0.274. The van der Waals surface area contributed by atoms with Gasteiger partial charge >= 0.3 is 0 Å². The summed E-state index contributed by atoms with van der Waals surface area (Å²) in [5, 5.41) is 3.16. The van der Waals surface area contributed by atoms with Crippen LogP contribution in [-0.4, -0.2) is 31.8 Å². The summed E-state index contributed by atoms with van der Waals surface area (Å²) < 4.78 is 11.6. The first-order chi connectivity index (χ1) is 9.33. The molecule has 1 aromatic carbocycles. The lowest BCUT2D eigenvalue weighted by atomic mass is 10.2. The smallest absolute Gasteiger partial charge is 0.165 e. The van der Waals surface area contributed by atoms with Crippen LogP contribution in [0.15, 0.2) is 18.2 Å². The highest BCUT2D eigenvalue weighted by Gasteiger charge is 2.10. The lowest BCUT2D eigenvalue weighted by Gasteiger charge is -2.15. The van der Waals surface area contributed by atoms with Crippen molar-refractivity contribution in [3.8, 4) is 11.5 Å². The van der Waals surface area contributed by atoms with Crippen molar-refractivity contribution in [2.75, 3.05) is 31.8 Å². The molecule has 0 aliphatic heterocycles. The molecule has 0 saturated carbocycles. The molecule has 0 bridgehead atoms. The minimum absolute atomic E-state index is 0.658. The molecule has 0 heterocycles. The van der Waals surface area contributed by atoms with Gasteiger partial charge in [-0.05, 0) is 38.0 Å². The number of nitrogens with one attached hydrogen (secondary N) is 1. The standard InChI is InChI=1S/C15H25NO2S/c1-4-17-14-9-6-8-13(12-16-3)15(14)18-10-7-11-19-5-2/h6,8-9,16H,4-5,7,10-12H2,1-3H3. The molecule has 0 atom stereocenters. The fraction of sp³-hybridized carbons (Fsp3) is 0.600. The Labute approximate surface area is 121 Å². The van der Waals surface area contributed by atoms with E-state index in [-0.39, 0.29) is 0 Å². The normalized spacial score (nSPS) is 10.5. The Balaban J connectivity index is 2.64. The van der Waals surface area contributed by atoms with Gasteiger partial charge in [-0.15, -0.1) is 0 Å². The molecule has 0 radical (unpaired) electrons. The lowest BCUT2D eigenvalue weighted by Crippen LogP contribution is -2.10. The fourth-order valence-corrected chi connectivity index (χ4v) is 2.41. The molecule has 0 fully saturated rings. The average molecular weight is 283 g/mol. The minimum Gasteiger partial charge on any atom is -0.490 e. The molecule has 0 aromatic heterocycles. The topological polar surface area (TPSA) is 30.5 Å². The van der Waals surface area contributed by atoms with Crippen molar-refractivity contribution in [3.05, 3.63) is 23.8 Å². The van der Waals surface area contributed by atoms with Crippen molar-refractivity contribution in [1.82, 2.24) is 5.32 Å². The summed E-state index contributed by atoms with van der Waals surface area (Å²) in [6.07, 6.45) is 1.07. The van der Waals surface area contributed by atoms with E-state index in [2.05, 4.69) is 18.3 Å². The third kappa shape index (κ3) is 5.74. The molecule has 108 valence electrons. The van der Waals surface area contributed by atoms with Crippen molar-refractivity contribution in [2.45, 2.75) is 26.8 Å². The number of thioether (sulfide) groups is 1. The maximum absolute atomic E-state index is 5.94. The number of ether oxygens (including phenoxy) is 2. The first-order valence-electron chi connectivity index (χ1n) is 6.93. The maximum atomic E-state index is 5.94. The highest BCUT2D eigenvalue weighted by Crippen LogP contribution is 2.31. The van der Waals surface area contributed by atoms with Gasteiger partial charge in [0.25, 0.3) is 0 Å². The first kappa shape index (κ1) is 16.2. The SMILES string of the molecule is CCOc1cccc(CNC)c1OCCCSCC. The summed E-state index contributed by atoms with van der Waals surface area (Å²) in [7, 11) is 1.94. The van der Waals surface area contributed by atoms with E-state index >= 15 is 0 Å². The quantitative estimate of drug-likeness (QED) is 0.667. The minimum atomic E-state index is 0.658. The second-order valence-electron chi connectivity index (χ2n) is 4.11. The Kier molecular flexibility index (Phi) is 8.50. The number of hydrogen-bond donors (Lipinski definition) is 1. The van der Waals surface area contributed by atoms with Crippen molar-refractivity contribution in [2.24, 2.45) is 0 Å². The second-order valence-corrected chi connectivity index (χ2v) is 5.50. The largest absolute Gasteiger partial charge is 0.490 e. The Bertz CT molecular complexity index is 334. The van der Waals surface area contributed by atoms with Gasteiger partial charge in [-0.25, -0.2) is 0 Å². The van der Waals surface area contributed by atoms with Crippen molar-refractivity contribution < 1.29 is 9.47 Å². The molecule has 0 aliphatic rings. The van der Waals surface area contributed by atoms with E-state index < -0.39 is 0 Å². The summed E-state index contributed by atoms with van der Waals surface area (Å²) in [6, 6.07) is 6.06. The molecule has 0 spiro atoms. The molecule has 1 N–H and O–H groups in total. The van der Waals surface area contributed by atoms with E-state index in [0.717, 1.165) is 42.4 Å². The van der Waals surface area contributed by atoms with Crippen LogP contribution in [0, 0.1) is 0 Å². The van der Waals surface area contributed by atoms with Crippen LogP contribution in [0.3, 0.4) is 0 Å². The Morgan fingerprint density at radius 1 is 1.21 bits per heavy atom. The Morgan fingerprint density at radius 2 is 2.05 bits per heavy atom. The van der Waals surface area contributed by atoms with Crippen LogP contribution in [0.5, 0.6) is 11.5 Å². The van der Waals surface area contributed by atoms with Gasteiger partial charge in [0, 0.05) is 12.1 Å². The summed E-state index contributed by atoms with van der Waals surface area (Å²) in [5.41, 5.74) is 1.15. The number of para-hydroxylation sites is 1. The molecule has 0 saturated heterocycles. The highest BCUT2D eigenvalue weighted by molar-refractivity contribution is 7.99. The van der Waals surface area contributed by atoms with Crippen LogP contribution >= 0.6 is 11.8 Å². The van der Waals surface area contributed by atoms with E-state index in [1.807, 2.05) is 37.9 Å². The molecule has 0 unspecified atom stereocenters. The molecular weight excluding hydrogens is 258 g/mol.